The highest BCUT2D eigenvalue weighted by Crippen LogP contribution is 2.15. The maximum atomic E-state index is 11.7. The third kappa shape index (κ3) is 2.20. The molecule has 2 N–H and O–H groups in total. The van der Waals surface area contributed by atoms with Crippen molar-refractivity contribution in [3.63, 3.8) is 0 Å². The number of nitrogens with two attached hydrogens (primary N) is 1. The van der Waals surface area contributed by atoms with Gasteiger partial charge in [-0.3, -0.25) is 0 Å². The van der Waals surface area contributed by atoms with E-state index in [9.17, 15) is 4.39 Å². The van der Waals surface area contributed by atoms with Crippen molar-refractivity contribution in [2.24, 2.45) is 5.73 Å². The Hall–Kier alpha value is -1.09. The molecule has 2 nitrogen and oxygen atoms in total. The summed E-state index contributed by atoms with van der Waals surface area (Å²) < 4.78 is 16.3. The van der Waals surface area contributed by atoms with Gasteiger partial charge in [0.05, 0.1) is 0 Å². The highest BCUT2D eigenvalue weighted by molar-refractivity contribution is 5.28. The van der Waals surface area contributed by atoms with Crippen molar-refractivity contribution in [2.45, 2.75) is 13.0 Å². The van der Waals surface area contributed by atoms with Crippen LogP contribution in [0.15, 0.2) is 24.3 Å². The molecule has 66 valence electrons. The fraction of sp³-hybridized carbons (Fsp3) is 0.333. The van der Waals surface area contributed by atoms with Gasteiger partial charge in [-0.25, -0.2) is 4.39 Å². The number of halogens is 1. The summed E-state index contributed by atoms with van der Waals surface area (Å²) in [5, 5.41) is 0. The van der Waals surface area contributed by atoms with E-state index in [1.54, 1.807) is 12.1 Å². The van der Waals surface area contributed by atoms with E-state index in [1.165, 1.54) is 0 Å². The first-order chi connectivity index (χ1) is 5.74. The molecule has 0 saturated carbocycles. The molecule has 1 rings (SSSR count). The standard InChI is InChI=1S/C9H12FNO/c1-7(11)8-2-4-9(5-3-8)12-6-10/h2-5,7H,6,11H2,1H3/t7-/m0/s1. The van der Waals surface area contributed by atoms with Crippen LogP contribution >= 0.6 is 0 Å². The van der Waals surface area contributed by atoms with Gasteiger partial charge >= 0.3 is 0 Å². The van der Waals surface area contributed by atoms with Crippen molar-refractivity contribution < 1.29 is 9.13 Å². The van der Waals surface area contributed by atoms with Gasteiger partial charge in [-0.05, 0) is 24.6 Å². The molecule has 0 fully saturated rings. The van der Waals surface area contributed by atoms with Crippen molar-refractivity contribution in [1.82, 2.24) is 0 Å². The minimum atomic E-state index is -0.794. The monoisotopic (exact) mass is 169 g/mol. The van der Waals surface area contributed by atoms with Crippen molar-refractivity contribution in [3.8, 4) is 5.75 Å². The zero-order valence-electron chi connectivity index (χ0n) is 6.96. The van der Waals surface area contributed by atoms with Crippen LogP contribution in [-0.4, -0.2) is 6.86 Å². The number of hydrogen-bond donors (Lipinski definition) is 1. The molecule has 0 aliphatic rings. The molecule has 0 aliphatic carbocycles. The summed E-state index contributed by atoms with van der Waals surface area (Å²) in [5.41, 5.74) is 6.64. The van der Waals surface area contributed by atoms with Crippen molar-refractivity contribution in [1.29, 1.82) is 0 Å². The maximum absolute atomic E-state index is 11.7. The van der Waals surface area contributed by atoms with E-state index in [1.807, 2.05) is 19.1 Å². The van der Waals surface area contributed by atoms with Crippen molar-refractivity contribution in [2.75, 3.05) is 6.86 Å². The lowest BCUT2D eigenvalue weighted by atomic mass is 10.1. The molecule has 0 radical (unpaired) electrons. The van der Waals surface area contributed by atoms with Crippen LogP contribution in [0, 0.1) is 0 Å². The lowest BCUT2D eigenvalue weighted by molar-refractivity contribution is 0.191. The smallest absolute Gasteiger partial charge is 0.228 e. The molecule has 0 bridgehead atoms. The molecular formula is C9H12FNO. The summed E-state index contributed by atoms with van der Waals surface area (Å²) in [5.74, 6) is 0.530. The van der Waals surface area contributed by atoms with E-state index < -0.39 is 6.86 Å². The zero-order chi connectivity index (χ0) is 8.97. The average Bonchev–Trinajstić information content (AvgIpc) is 2.06. The lowest BCUT2D eigenvalue weighted by Crippen LogP contribution is -2.04. The molecule has 0 aromatic heterocycles. The van der Waals surface area contributed by atoms with Gasteiger partial charge in [-0.2, -0.15) is 0 Å². The Balaban J connectivity index is 2.71. The van der Waals surface area contributed by atoms with Crippen LogP contribution in [-0.2, 0) is 0 Å². The predicted octanol–water partition coefficient (Wildman–Crippen LogP) is 2.01. The fourth-order valence-corrected chi connectivity index (χ4v) is 0.931. The Morgan fingerprint density at radius 2 is 2.00 bits per heavy atom. The Bertz CT molecular complexity index is 233. The highest BCUT2D eigenvalue weighted by atomic mass is 19.1. The third-order valence-corrected chi connectivity index (χ3v) is 1.63. The molecule has 0 aliphatic heterocycles. The van der Waals surface area contributed by atoms with E-state index in [0.29, 0.717) is 5.75 Å². The van der Waals surface area contributed by atoms with Gasteiger partial charge in [0.2, 0.25) is 6.86 Å². The Morgan fingerprint density at radius 3 is 2.42 bits per heavy atom. The number of ether oxygens (including phenoxy) is 1. The second-order valence-corrected chi connectivity index (χ2v) is 2.61. The normalized spacial score (nSPS) is 12.6. The van der Waals surface area contributed by atoms with Crippen molar-refractivity contribution >= 4 is 0 Å². The van der Waals surface area contributed by atoms with E-state index in [-0.39, 0.29) is 6.04 Å². The zero-order valence-corrected chi connectivity index (χ0v) is 6.96. The number of rotatable bonds is 3. The molecule has 0 spiro atoms. The molecule has 1 atom stereocenters. The predicted molar refractivity (Wildman–Crippen MR) is 45.6 cm³/mol. The molecule has 0 unspecified atom stereocenters. The second-order valence-electron chi connectivity index (χ2n) is 2.61. The number of alkyl halides is 1. The summed E-state index contributed by atoms with van der Waals surface area (Å²) in [6.07, 6.45) is 0. The van der Waals surface area contributed by atoms with Gasteiger partial charge in [-0.1, -0.05) is 12.1 Å². The van der Waals surface area contributed by atoms with Crippen LogP contribution in [0.2, 0.25) is 0 Å². The van der Waals surface area contributed by atoms with Crippen LogP contribution in [0.25, 0.3) is 0 Å². The molecule has 1 aromatic carbocycles. The quantitative estimate of drug-likeness (QED) is 0.751. The fourth-order valence-electron chi connectivity index (χ4n) is 0.931. The summed E-state index contributed by atoms with van der Waals surface area (Å²) in [4.78, 5) is 0. The van der Waals surface area contributed by atoms with Crippen LogP contribution in [0.5, 0.6) is 5.75 Å². The molecule has 1 aromatic rings. The van der Waals surface area contributed by atoms with Crippen LogP contribution in [0.4, 0.5) is 4.39 Å². The molecule has 0 saturated heterocycles. The molecule has 3 heteroatoms. The van der Waals surface area contributed by atoms with Crippen molar-refractivity contribution in [3.05, 3.63) is 29.8 Å². The van der Waals surface area contributed by atoms with E-state index >= 15 is 0 Å². The number of benzene rings is 1. The molecule has 0 heterocycles. The van der Waals surface area contributed by atoms with E-state index in [4.69, 9.17) is 5.73 Å². The molecule has 12 heavy (non-hydrogen) atoms. The largest absolute Gasteiger partial charge is 0.463 e. The average molecular weight is 169 g/mol. The van der Waals surface area contributed by atoms with Gasteiger partial charge in [-0.15, -0.1) is 0 Å². The molecular weight excluding hydrogens is 157 g/mol. The molecule has 0 amide bonds. The highest BCUT2D eigenvalue weighted by Gasteiger charge is 1.98. The second kappa shape index (κ2) is 4.07. The first kappa shape index (κ1) is 9.00. The first-order valence-electron chi connectivity index (χ1n) is 3.78. The minimum absolute atomic E-state index is 0.00410. The van der Waals surface area contributed by atoms with Gasteiger partial charge in [0, 0.05) is 6.04 Å². The SMILES string of the molecule is C[C@H](N)c1ccc(OCF)cc1. The lowest BCUT2D eigenvalue weighted by Gasteiger charge is -2.06. The van der Waals surface area contributed by atoms with E-state index in [0.717, 1.165) is 5.56 Å². The van der Waals surface area contributed by atoms with Crippen LogP contribution in [0.1, 0.15) is 18.5 Å². The van der Waals surface area contributed by atoms with Crippen LogP contribution < -0.4 is 10.5 Å². The summed E-state index contributed by atoms with van der Waals surface area (Å²) in [7, 11) is 0. The van der Waals surface area contributed by atoms with Gasteiger partial charge in [0.25, 0.3) is 0 Å². The summed E-state index contributed by atoms with van der Waals surface area (Å²) >= 11 is 0. The summed E-state index contributed by atoms with van der Waals surface area (Å²) in [6, 6.07) is 7.08. The Morgan fingerprint density at radius 1 is 1.42 bits per heavy atom. The van der Waals surface area contributed by atoms with Gasteiger partial charge in [0.1, 0.15) is 5.75 Å². The summed E-state index contributed by atoms with van der Waals surface area (Å²) in [6.45, 7) is 1.10. The van der Waals surface area contributed by atoms with E-state index in [2.05, 4.69) is 4.74 Å². The maximum Gasteiger partial charge on any atom is 0.228 e. The van der Waals surface area contributed by atoms with Gasteiger partial charge in [0.15, 0.2) is 0 Å². The third-order valence-electron chi connectivity index (χ3n) is 1.63. The number of hydrogen-bond acceptors (Lipinski definition) is 2. The van der Waals surface area contributed by atoms with Gasteiger partial charge < -0.3 is 10.5 Å². The Labute approximate surface area is 71.1 Å². The minimum Gasteiger partial charge on any atom is -0.463 e. The first-order valence-corrected chi connectivity index (χ1v) is 3.78. The Kier molecular flexibility index (Phi) is 3.05. The van der Waals surface area contributed by atoms with Crippen LogP contribution in [0.3, 0.4) is 0 Å². The topological polar surface area (TPSA) is 35.2 Å².